The molecule has 0 spiro atoms. The zero-order valence-corrected chi connectivity index (χ0v) is 13.7. The molecule has 1 heterocycles. The van der Waals surface area contributed by atoms with E-state index < -0.39 is 0 Å². The maximum absolute atomic E-state index is 4.85. The van der Waals surface area contributed by atoms with Crippen molar-refractivity contribution in [2.75, 3.05) is 19.0 Å². The molecule has 0 amide bonds. The van der Waals surface area contributed by atoms with Crippen LogP contribution in [0.25, 0.3) is 0 Å². The molecule has 0 unspecified atom stereocenters. The van der Waals surface area contributed by atoms with Crippen LogP contribution in [0, 0.1) is 6.92 Å². The van der Waals surface area contributed by atoms with Gasteiger partial charge in [0.25, 0.3) is 0 Å². The number of nitrogens with zero attached hydrogens (tertiary/aromatic N) is 2. The second kappa shape index (κ2) is 6.37. The first-order valence-corrected chi connectivity index (χ1v) is 7.79. The van der Waals surface area contributed by atoms with Crippen LogP contribution < -0.4 is 10.2 Å². The van der Waals surface area contributed by atoms with Crippen molar-refractivity contribution in [3.05, 3.63) is 40.4 Å². The van der Waals surface area contributed by atoms with Gasteiger partial charge in [0.15, 0.2) is 5.13 Å². The molecule has 0 aliphatic heterocycles. The Bertz CT molecular complexity index is 575. The van der Waals surface area contributed by atoms with E-state index in [9.17, 15) is 0 Å². The fraction of sp³-hybridized carbons (Fsp3) is 0.438. The highest BCUT2D eigenvalue weighted by atomic mass is 32.1. The summed E-state index contributed by atoms with van der Waals surface area (Å²) in [5.41, 5.74) is 3.69. The Morgan fingerprint density at radius 2 is 2.00 bits per heavy atom. The van der Waals surface area contributed by atoms with Crippen LogP contribution in [0.3, 0.4) is 0 Å². The topological polar surface area (TPSA) is 28.2 Å². The van der Waals surface area contributed by atoms with Crippen LogP contribution in [0.5, 0.6) is 0 Å². The van der Waals surface area contributed by atoms with E-state index in [4.69, 9.17) is 4.98 Å². The molecule has 0 saturated heterocycles. The number of anilines is 2. The number of benzene rings is 1. The fourth-order valence-electron chi connectivity index (χ4n) is 2.28. The van der Waals surface area contributed by atoms with E-state index in [-0.39, 0.29) is 0 Å². The number of aryl methyl sites for hydroxylation is 1. The number of hydrogen-bond donors (Lipinski definition) is 1. The lowest BCUT2D eigenvalue weighted by molar-refractivity contribution is 0.770. The molecule has 0 aliphatic rings. The van der Waals surface area contributed by atoms with Gasteiger partial charge < -0.3 is 10.2 Å². The molecule has 108 valence electrons. The molecule has 0 atom stereocenters. The largest absolute Gasteiger partial charge is 0.321 e. The number of hydrogen-bond acceptors (Lipinski definition) is 4. The molecule has 1 aromatic heterocycles. The fourth-order valence-corrected chi connectivity index (χ4v) is 3.48. The van der Waals surface area contributed by atoms with E-state index in [0.29, 0.717) is 5.92 Å². The molecule has 1 N–H and O–H groups in total. The SMILES string of the molecule is CNCc1sc(N(C)c2ccccc2C)nc1C(C)C. The van der Waals surface area contributed by atoms with Gasteiger partial charge in [0.2, 0.25) is 0 Å². The van der Waals surface area contributed by atoms with E-state index in [1.165, 1.54) is 21.8 Å². The molecular formula is C16H23N3S. The Morgan fingerprint density at radius 3 is 2.60 bits per heavy atom. The van der Waals surface area contributed by atoms with Crippen molar-refractivity contribution in [2.24, 2.45) is 0 Å². The van der Waals surface area contributed by atoms with E-state index in [2.05, 4.69) is 62.3 Å². The zero-order valence-electron chi connectivity index (χ0n) is 12.9. The molecule has 4 heteroatoms. The van der Waals surface area contributed by atoms with Crippen LogP contribution in [0.2, 0.25) is 0 Å². The second-order valence-electron chi connectivity index (χ2n) is 5.34. The van der Waals surface area contributed by atoms with Crippen molar-refractivity contribution < 1.29 is 0 Å². The average molecular weight is 289 g/mol. The molecule has 20 heavy (non-hydrogen) atoms. The van der Waals surface area contributed by atoms with Crippen LogP contribution in [0.15, 0.2) is 24.3 Å². The molecule has 0 aliphatic carbocycles. The molecule has 2 aromatic rings. The minimum atomic E-state index is 0.452. The van der Waals surface area contributed by atoms with Gasteiger partial charge in [-0.3, -0.25) is 0 Å². The molecule has 0 fully saturated rings. The van der Waals surface area contributed by atoms with Gasteiger partial charge >= 0.3 is 0 Å². The first-order valence-electron chi connectivity index (χ1n) is 6.98. The van der Waals surface area contributed by atoms with E-state index in [1.54, 1.807) is 11.3 Å². The van der Waals surface area contributed by atoms with Crippen molar-refractivity contribution >= 4 is 22.2 Å². The lowest BCUT2D eigenvalue weighted by atomic mass is 10.1. The minimum Gasteiger partial charge on any atom is -0.321 e. The maximum atomic E-state index is 4.85. The van der Waals surface area contributed by atoms with Crippen LogP contribution in [-0.2, 0) is 6.54 Å². The van der Waals surface area contributed by atoms with Gasteiger partial charge in [-0.25, -0.2) is 4.98 Å². The highest BCUT2D eigenvalue weighted by Gasteiger charge is 2.17. The van der Waals surface area contributed by atoms with Gasteiger partial charge in [-0.05, 0) is 31.5 Å². The quantitative estimate of drug-likeness (QED) is 0.899. The van der Waals surface area contributed by atoms with Crippen LogP contribution in [-0.4, -0.2) is 19.1 Å². The summed E-state index contributed by atoms with van der Waals surface area (Å²) >= 11 is 1.78. The standard InChI is InChI=1S/C16H23N3S/c1-11(2)15-14(10-17-4)20-16(18-15)19(5)13-9-7-6-8-12(13)3/h6-9,11,17H,10H2,1-5H3. The molecule has 1 aromatic carbocycles. The monoisotopic (exact) mass is 289 g/mol. The number of aromatic nitrogens is 1. The van der Waals surface area contributed by atoms with Crippen LogP contribution in [0.4, 0.5) is 10.8 Å². The van der Waals surface area contributed by atoms with E-state index in [0.717, 1.165) is 11.7 Å². The Kier molecular flexibility index (Phi) is 4.78. The lowest BCUT2D eigenvalue weighted by Crippen LogP contribution is -2.10. The van der Waals surface area contributed by atoms with Crippen molar-refractivity contribution in [3.63, 3.8) is 0 Å². The first-order chi connectivity index (χ1) is 9.54. The molecule has 3 nitrogen and oxygen atoms in total. The number of nitrogens with one attached hydrogen (secondary N) is 1. The lowest BCUT2D eigenvalue weighted by Gasteiger charge is -2.18. The summed E-state index contributed by atoms with van der Waals surface area (Å²) in [6, 6.07) is 8.42. The van der Waals surface area contributed by atoms with Crippen LogP contribution in [0.1, 0.15) is 35.9 Å². The summed E-state index contributed by atoms with van der Waals surface area (Å²) in [5.74, 6) is 0.452. The average Bonchev–Trinajstić information content (AvgIpc) is 2.83. The highest BCUT2D eigenvalue weighted by molar-refractivity contribution is 7.15. The minimum absolute atomic E-state index is 0.452. The van der Waals surface area contributed by atoms with E-state index in [1.807, 2.05) is 7.05 Å². The molecule has 2 rings (SSSR count). The van der Waals surface area contributed by atoms with Gasteiger partial charge in [-0.2, -0.15) is 0 Å². The maximum Gasteiger partial charge on any atom is 0.190 e. The molecular weight excluding hydrogens is 266 g/mol. The van der Waals surface area contributed by atoms with Gasteiger partial charge in [0.1, 0.15) is 0 Å². The summed E-state index contributed by atoms with van der Waals surface area (Å²) in [6.07, 6.45) is 0. The third kappa shape index (κ3) is 3.02. The number of thiazole rings is 1. The van der Waals surface area contributed by atoms with Gasteiger partial charge in [0.05, 0.1) is 5.69 Å². The third-order valence-electron chi connectivity index (χ3n) is 3.36. The zero-order chi connectivity index (χ0) is 14.7. The Hall–Kier alpha value is -1.39. The smallest absolute Gasteiger partial charge is 0.190 e. The summed E-state index contributed by atoms with van der Waals surface area (Å²) in [7, 11) is 4.07. The predicted octanol–water partition coefficient (Wildman–Crippen LogP) is 4.06. The van der Waals surface area contributed by atoms with Crippen molar-refractivity contribution in [1.82, 2.24) is 10.3 Å². The molecule has 0 bridgehead atoms. The second-order valence-corrected chi connectivity index (χ2v) is 6.40. The summed E-state index contributed by atoms with van der Waals surface area (Å²) in [6.45, 7) is 7.42. The van der Waals surface area contributed by atoms with Crippen molar-refractivity contribution in [2.45, 2.75) is 33.2 Å². The summed E-state index contributed by atoms with van der Waals surface area (Å²) in [5, 5.41) is 4.30. The summed E-state index contributed by atoms with van der Waals surface area (Å²) in [4.78, 5) is 8.37. The van der Waals surface area contributed by atoms with E-state index >= 15 is 0 Å². The Balaban J connectivity index is 2.38. The van der Waals surface area contributed by atoms with Gasteiger partial charge in [0, 0.05) is 24.2 Å². The van der Waals surface area contributed by atoms with Gasteiger partial charge in [-0.15, -0.1) is 0 Å². The Labute approximate surface area is 125 Å². The predicted molar refractivity (Wildman–Crippen MR) is 88.2 cm³/mol. The molecule has 0 saturated carbocycles. The number of rotatable bonds is 5. The third-order valence-corrected chi connectivity index (χ3v) is 4.51. The normalized spacial score (nSPS) is 11.1. The first kappa shape index (κ1) is 15.0. The summed E-state index contributed by atoms with van der Waals surface area (Å²) < 4.78 is 0. The van der Waals surface area contributed by atoms with Crippen LogP contribution >= 0.6 is 11.3 Å². The molecule has 0 radical (unpaired) electrons. The van der Waals surface area contributed by atoms with Crippen molar-refractivity contribution in [3.8, 4) is 0 Å². The Morgan fingerprint density at radius 1 is 1.30 bits per heavy atom. The number of para-hydroxylation sites is 1. The van der Waals surface area contributed by atoms with Gasteiger partial charge in [-0.1, -0.05) is 43.4 Å². The highest BCUT2D eigenvalue weighted by Crippen LogP contribution is 2.34. The van der Waals surface area contributed by atoms with Crippen molar-refractivity contribution in [1.29, 1.82) is 0 Å².